The third-order valence-corrected chi connectivity index (χ3v) is 6.57. The Morgan fingerprint density at radius 3 is 2.82 bits per heavy atom. The number of nitriles is 1. The molecule has 28 heavy (non-hydrogen) atoms. The Bertz CT molecular complexity index is 978. The van der Waals surface area contributed by atoms with Crippen LogP contribution in [-0.2, 0) is 11.3 Å². The summed E-state index contributed by atoms with van der Waals surface area (Å²) >= 11 is 4.06. The summed E-state index contributed by atoms with van der Waals surface area (Å²) in [6, 6.07) is 11.5. The molecule has 3 rings (SSSR count). The van der Waals surface area contributed by atoms with Gasteiger partial charge in [0.25, 0.3) is 0 Å². The van der Waals surface area contributed by atoms with E-state index in [2.05, 4.69) is 26.9 Å². The van der Waals surface area contributed by atoms with Crippen LogP contribution < -0.4 is 15.4 Å². The van der Waals surface area contributed by atoms with Crippen LogP contribution in [0.1, 0.15) is 18.1 Å². The van der Waals surface area contributed by atoms with Gasteiger partial charge < -0.3 is 15.4 Å². The average molecular weight is 432 g/mol. The van der Waals surface area contributed by atoms with Gasteiger partial charge in [0.15, 0.2) is 4.34 Å². The van der Waals surface area contributed by atoms with Crippen LogP contribution in [0.2, 0.25) is 0 Å². The number of hydrogen-bond acceptors (Lipinski definition) is 9. The third-order valence-electron chi connectivity index (χ3n) is 3.68. The summed E-state index contributed by atoms with van der Waals surface area (Å²) in [6.07, 6.45) is 0. The molecule has 0 aliphatic carbocycles. The number of nitrogens with one attached hydrogen (secondary N) is 2. The fourth-order valence-corrected chi connectivity index (χ4v) is 4.79. The van der Waals surface area contributed by atoms with Crippen LogP contribution in [0.5, 0.6) is 5.75 Å². The Morgan fingerprint density at radius 1 is 1.32 bits per heavy atom. The lowest BCUT2D eigenvalue weighted by Gasteiger charge is -2.08. The summed E-state index contributed by atoms with van der Waals surface area (Å²) in [6.45, 7) is 2.42. The highest BCUT2D eigenvalue weighted by molar-refractivity contribution is 8.02. The minimum atomic E-state index is -0.365. The van der Waals surface area contributed by atoms with Crippen LogP contribution in [0, 0.1) is 11.3 Å². The van der Waals surface area contributed by atoms with E-state index in [0.29, 0.717) is 26.6 Å². The summed E-state index contributed by atoms with van der Waals surface area (Å²) in [5.41, 5.74) is 1.57. The number of benzene rings is 1. The minimum Gasteiger partial charge on any atom is -0.497 e. The molecule has 2 heterocycles. The molecule has 1 aromatic carbocycles. The normalized spacial score (nSPS) is 11.5. The zero-order valence-electron chi connectivity index (χ0n) is 15.1. The molecule has 144 valence electrons. The first-order valence-corrected chi connectivity index (χ1v) is 10.8. The van der Waals surface area contributed by atoms with Crippen molar-refractivity contribution in [1.82, 2.24) is 10.2 Å². The molecule has 3 aromatic rings. The number of ether oxygens (including phenoxy) is 1. The number of nitrogens with zero attached hydrogens (tertiary/aromatic N) is 3. The van der Waals surface area contributed by atoms with Crippen molar-refractivity contribution in [3.05, 3.63) is 46.8 Å². The topological polar surface area (TPSA) is 99.9 Å². The van der Waals surface area contributed by atoms with Crippen molar-refractivity contribution < 1.29 is 9.53 Å². The molecule has 1 amide bonds. The Kier molecular flexibility index (Phi) is 6.86. The van der Waals surface area contributed by atoms with Gasteiger partial charge in [-0.3, -0.25) is 4.79 Å². The Balaban J connectivity index is 1.51. The number of thiophene rings is 1. The molecule has 0 spiro atoms. The number of amides is 1. The van der Waals surface area contributed by atoms with E-state index in [1.54, 1.807) is 25.5 Å². The van der Waals surface area contributed by atoms with Crippen molar-refractivity contribution in [3.8, 4) is 11.8 Å². The number of aromatic nitrogens is 2. The molecule has 0 aliphatic rings. The minimum absolute atomic E-state index is 0.174. The number of carbonyl (C=O) groups excluding carboxylic acids is 1. The molecule has 0 fully saturated rings. The molecule has 0 saturated heterocycles. The highest BCUT2D eigenvalue weighted by Crippen LogP contribution is 2.30. The maximum Gasteiger partial charge on any atom is 0.238 e. The molecule has 0 bridgehead atoms. The smallest absolute Gasteiger partial charge is 0.238 e. The standard InChI is InChI=1S/C18H17N5O2S3/c1-11(15(24)21-16-13(9-19)7-8-26-16)27-18-23-22-17(28-18)20-10-12-3-5-14(25-2)6-4-12/h3-8,11H,10H2,1-2H3,(H,20,22)(H,21,24). The Morgan fingerprint density at radius 2 is 2.11 bits per heavy atom. The second kappa shape index (κ2) is 9.54. The molecular formula is C18H17N5O2S3. The van der Waals surface area contributed by atoms with Crippen molar-refractivity contribution in [3.63, 3.8) is 0 Å². The van der Waals surface area contributed by atoms with Crippen LogP contribution in [0.3, 0.4) is 0 Å². The van der Waals surface area contributed by atoms with Crippen molar-refractivity contribution in [1.29, 1.82) is 5.26 Å². The predicted octanol–water partition coefficient (Wildman–Crippen LogP) is 4.21. The van der Waals surface area contributed by atoms with E-state index >= 15 is 0 Å². The monoisotopic (exact) mass is 431 g/mol. The molecule has 10 heteroatoms. The SMILES string of the molecule is COc1ccc(CNc2nnc(SC(C)C(=O)Nc3sccc3C#N)s2)cc1. The molecule has 2 aromatic heterocycles. The number of methoxy groups -OCH3 is 1. The summed E-state index contributed by atoms with van der Waals surface area (Å²) in [5, 5.41) is 26.0. The average Bonchev–Trinajstić information content (AvgIpc) is 3.35. The molecular weight excluding hydrogens is 414 g/mol. The third kappa shape index (κ3) is 5.22. The van der Waals surface area contributed by atoms with Crippen LogP contribution in [0.4, 0.5) is 10.1 Å². The number of hydrogen-bond donors (Lipinski definition) is 2. The van der Waals surface area contributed by atoms with Gasteiger partial charge in [0.05, 0.1) is 17.9 Å². The van der Waals surface area contributed by atoms with E-state index in [-0.39, 0.29) is 11.2 Å². The number of thioether (sulfide) groups is 1. The second-order valence-corrected chi connectivity index (χ2v) is 9.08. The highest BCUT2D eigenvalue weighted by Gasteiger charge is 2.19. The van der Waals surface area contributed by atoms with Gasteiger partial charge in [-0.1, -0.05) is 35.2 Å². The molecule has 7 nitrogen and oxygen atoms in total. The van der Waals surface area contributed by atoms with Crippen LogP contribution in [0.15, 0.2) is 40.1 Å². The van der Waals surface area contributed by atoms with Gasteiger partial charge in [-0.15, -0.1) is 21.5 Å². The van der Waals surface area contributed by atoms with Crippen molar-refractivity contribution >= 4 is 50.5 Å². The molecule has 2 N–H and O–H groups in total. The zero-order chi connectivity index (χ0) is 19.9. The van der Waals surface area contributed by atoms with Crippen LogP contribution >= 0.6 is 34.4 Å². The van der Waals surface area contributed by atoms with Gasteiger partial charge in [0.2, 0.25) is 11.0 Å². The van der Waals surface area contributed by atoms with Gasteiger partial charge in [-0.05, 0) is 36.1 Å². The molecule has 1 unspecified atom stereocenters. The first-order valence-electron chi connectivity index (χ1n) is 8.24. The van der Waals surface area contributed by atoms with E-state index in [1.807, 2.05) is 24.3 Å². The molecule has 0 saturated carbocycles. The van der Waals surface area contributed by atoms with Gasteiger partial charge in [-0.2, -0.15) is 5.26 Å². The number of anilines is 2. The van der Waals surface area contributed by atoms with E-state index in [1.165, 1.54) is 34.4 Å². The van der Waals surface area contributed by atoms with E-state index in [0.717, 1.165) is 11.3 Å². The van der Waals surface area contributed by atoms with Gasteiger partial charge >= 0.3 is 0 Å². The van der Waals surface area contributed by atoms with E-state index in [9.17, 15) is 4.79 Å². The lowest BCUT2D eigenvalue weighted by atomic mass is 10.2. The fourth-order valence-electron chi connectivity index (χ4n) is 2.16. The summed E-state index contributed by atoms with van der Waals surface area (Å²) < 4.78 is 5.85. The summed E-state index contributed by atoms with van der Waals surface area (Å²) in [4.78, 5) is 12.3. The highest BCUT2D eigenvalue weighted by atomic mass is 32.2. The van der Waals surface area contributed by atoms with E-state index in [4.69, 9.17) is 10.00 Å². The van der Waals surface area contributed by atoms with Crippen molar-refractivity contribution in [2.45, 2.75) is 23.1 Å². The lowest BCUT2D eigenvalue weighted by Crippen LogP contribution is -2.22. The second-order valence-electron chi connectivity index (χ2n) is 5.60. The number of rotatable bonds is 8. The Hall–Kier alpha value is -2.61. The lowest BCUT2D eigenvalue weighted by molar-refractivity contribution is -0.115. The Labute approximate surface area is 174 Å². The maximum atomic E-state index is 12.3. The van der Waals surface area contributed by atoms with Gasteiger partial charge in [0, 0.05) is 6.54 Å². The first kappa shape index (κ1) is 20.1. The summed E-state index contributed by atoms with van der Waals surface area (Å²) in [5.74, 6) is 0.641. The van der Waals surface area contributed by atoms with Crippen LogP contribution in [0.25, 0.3) is 0 Å². The van der Waals surface area contributed by atoms with Gasteiger partial charge in [0.1, 0.15) is 16.8 Å². The quantitative estimate of drug-likeness (QED) is 0.515. The summed E-state index contributed by atoms with van der Waals surface area (Å²) in [7, 11) is 1.64. The largest absolute Gasteiger partial charge is 0.497 e. The fraction of sp³-hybridized carbons (Fsp3) is 0.222. The predicted molar refractivity (Wildman–Crippen MR) is 113 cm³/mol. The zero-order valence-corrected chi connectivity index (χ0v) is 17.6. The van der Waals surface area contributed by atoms with Crippen molar-refractivity contribution in [2.24, 2.45) is 0 Å². The molecule has 0 aliphatic heterocycles. The molecule has 0 radical (unpaired) electrons. The first-order chi connectivity index (χ1) is 13.6. The maximum absolute atomic E-state index is 12.3. The molecule has 1 atom stereocenters. The van der Waals surface area contributed by atoms with E-state index < -0.39 is 0 Å². The van der Waals surface area contributed by atoms with Gasteiger partial charge in [-0.25, -0.2) is 0 Å². The van der Waals surface area contributed by atoms with Crippen LogP contribution in [-0.4, -0.2) is 28.5 Å². The van der Waals surface area contributed by atoms with Crippen molar-refractivity contribution in [2.75, 3.05) is 17.7 Å². The number of carbonyl (C=O) groups is 1.